The van der Waals surface area contributed by atoms with Gasteiger partial charge in [-0.2, -0.15) is 4.98 Å². The fourth-order valence-electron chi connectivity index (χ4n) is 4.10. The minimum atomic E-state index is -0.312. The van der Waals surface area contributed by atoms with Crippen molar-refractivity contribution in [3.8, 4) is 11.5 Å². The molecule has 4 aromatic rings. The number of likely N-dealkylation sites (N-methyl/N-ethyl adjacent to an activating group) is 2. The third kappa shape index (κ3) is 6.47. The summed E-state index contributed by atoms with van der Waals surface area (Å²) in [5.41, 5.74) is 4.40. The summed E-state index contributed by atoms with van der Waals surface area (Å²) in [5.74, 6) is 0.771. The first-order chi connectivity index (χ1) is 19.0. The van der Waals surface area contributed by atoms with Gasteiger partial charge in [-0.05, 0) is 69.9 Å². The molecule has 2 N–H and O–H groups in total. The topological polar surface area (TPSA) is 105 Å². The molecule has 1 amide bonds. The van der Waals surface area contributed by atoms with E-state index in [0.717, 1.165) is 29.9 Å². The third-order valence-corrected chi connectivity index (χ3v) is 6.49. The zero-order chi connectivity index (χ0) is 29.0. The van der Waals surface area contributed by atoms with Crippen LogP contribution >= 0.6 is 0 Å². The number of carbonyl (C=O) groups is 1. The van der Waals surface area contributed by atoms with Crippen LogP contribution in [-0.4, -0.2) is 59.6 Å². The summed E-state index contributed by atoms with van der Waals surface area (Å²) in [6, 6.07) is 13.0. The van der Waals surface area contributed by atoms with Crippen LogP contribution in [0.25, 0.3) is 11.0 Å². The number of rotatable bonds is 10. The van der Waals surface area contributed by atoms with Crippen LogP contribution in [0.4, 0.5) is 23.0 Å². The Bertz CT molecular complexity index is 1610. The van der Waals surface area contributed by atoms with E-state index >= 15 is 0 Å². The summed E-state index contributed by atoms with van der Waals surface area (Å²) in [7, 11) is 7.67. The summed E-state index contributed by atoms with van der Waals surface area (Å²) in [6.45, 7) is 9.15. The molecule has 0 aliphatic heterocycles. The molecule has 2 aromatic carbocycles. The highest BCUT2D eigenvalue weighted by molar-refractivity contribution is 6.02. The molecule has 0 aliphatic rings. The van der Waals surface area contributed by atoms with Crippen molar-refractivity contribution < 1.29 is 9.53 Å². The molecule has 0 saturated heterocycles. The molecular formula is C30H35N7O3. The van der Waals surface area contributed by atoms with Gasteiger partial charge in [-0.1, -0.05) is 24.3 Å². The lowest BCUT2D eigenvalue weighted by molar-refractivity contribution is -0.111. The number of ether oxygens (including phenoxy) is 1. The van der Waals surface area contributed by atoms with E-state index in [9.17, 15) is 9.59 Å². The lowest BCUT2D eigenvalue weighted by Gasteiger charge is -2.25. The van der Waals surface area contributed by atoms with E-state index in [1.54, 1.807) is 19.3 Å². The number of nitrogens with zero attached hydrogens (tertiary/aromatic N) is 5. The van der Waals surface area contributed by atoms with Crippen molar-refractivity contribution in [1.82, 2.24) is 19.4 Å². The third-order valence-electron chi connectivity index (χ3n) is 6.49. The molecular weight excluding hydrogens is 506 g/mol. The normalized spacial score (nSPS) is 11.0. The molecule has 0 fully saturated rings. The predicted octanol–water partition coefficient (Wildman–Crippen LogP) is 4.60. The van der Waals surface area contributed by atoms with Gasteiger partial charge >= 0.3 is 0 Å². The predicted molar refractivity (Wildman–Crippen MR) is 161 cm³/mol. The molecule has 0 radical (unpaired) electrons. The summed E-state index contributed by atoms with van der Waals surface area (Å²) in [6.07, 6.45) is 2.88. The summed E-state index contributed by atoms with van der Waals surface area (Å²) >= 11 is 0. The standard InChI is InChI=1S/C30H35N7O3/c1-8-27(38)32-24-17-23(20(3)15-25(24)36(6)14-13-35(4)5)33-30-31-18-21-16-26(29(39)37(7)28(21)34-30)40-22-11-9-19(2)10-12-22/h8-12,15-18H,1,13-14H2,2-7H3,(H,32,38)(H,31,33,34). The number of anilines is 4. The Balaban J connectivity index is 1.66. The fourth-order valence-corrected chi connectivity index (χ4v) is 4.10. The number of hydrogen-bond donors (Lipinski definition) is 2. The zero-order valence-electron chi connectivity index (χ0n) is 23.8. The molecule has 2 heterocycles. The summed E-state index contributed by atoms with van der Waals surface area (Å²) in [4.78, 5) is 38.5. The minimum absolute atomic E-state index is 0.190. The van der Waals surface area contributed by atoms with E-state index in [1.807, 2.05) is 71.4 Å². The Morgan fingerprint density at radius 3 is 2.48 bits per heavy atom. The maximum absolute atomic E-state index is 13.1. The van der Waals surface area contributed by atoms with Crippen LogP contribution in [-0.2, 0) is 11.8 Å². The molecule has 2 aromatic heterocycles. The van der Waals surface area contributed by atoms with E-state index < -0.39 is 0 Å². The Hall–Kier alpha value is -4.70. The highest BCUT2D eigenvalue weighted by atomic mass is 16.5. The van der Waals surface area contributed by atoms with Crippen LogP contribution in [0.15, 0.2) is 66.1 Å². The number of fused-ring (bicyclic) bond motifs is 1. The maximum Gasteiger partial charge on any atom is 0.294 e. The molecule has 0 spiro atoms. The average molecular weight is 542 g/mol. The lowest BCUT2D eigenvalue weighted by atomic mass is 10.1. The Labute approximate surface area is 233 Å². The molecule has 0 saturated carbocycles. The van der Waals surface area contributed by atoms with E-state index in [0.29, 0.717) is 34.1 Å². The van der Waals surface area contributed by atoms with Crippen LogP contribution in [0.3, 0.4) is 0 Å². The highest BCUT2D eigenvalue weighted by Gasteiger charge is 2.16. The minimum Gasteiger partial charge on any atom is -0.452 e. The number of nitrogens with one attached hydrogen (secondary N) is 2. The van der Waals surface area contributed by atoms with E-state index in [4.69, 9.17) is 4.74 Å². The second kappa shape index (κ2) is 12.0. The average Bonchev–Trinajstić information content (AvgIpc) is 2.93. The van der Waals surface area contributed by atoms with E-state index in [-0.39, 0.29) is 17.2 Å². The van der Waals surface area contributed by atoms with Crippen molar-refractivity contribution >= 4 is 40.0 Å². The summed E-state index contributed by atoms with van der Waals surface area (Å²) in [5, 5.41) is 6.81. The zero-order valence-corrected chi connectivity index (χ0v) is 23.8. The second-order valence-electron chi connectivity index (χ2n) is 9.99. The Morgan fingerprint density at radius 1 is 1.07 bits per heavy atom. The van der Waals surface area contributed by atoms with E-state index in [1.165, 1.54) is 10.6 Å². The molecule has 0 unspecified atom stereocenters. The van der Waals surface area contributed by atoms with Crippen molar-refractivity contribution in [1.29, 1.82) is 0 Å². The molecule has 208 valence electrons. The number of aryl methyl sites for hydroxylation is 3. The van der Waals surface area contributed by atoms with Crippen molar-refractivity contribution in [2.24, 2.45) is 7.05 Å². The number of aromatic nitrogens is 3. The molecule has 10 nitrogen and oxygen atoms in total. The maximum atomic E-state index is 13.1. The molecule has 0 aliphatic carbocycles. The first-order valence-corrected chi connectivity index (χ1v) is 12.9. The summed E-state index contributed by atoms with van der Waals surface area (Å²) < 4.78 is 7.30. The second-order valence-corrected chi connectivity index (χ2v) is 9.99. The van der Waals surface area contributed by atoms with Gasteiger partial charge in [0.1, 0.15) is 11.4 Å². The van der Waals surface area contributed by atoms with Crippen molar-refractivity contribution in [3.05, 3.63) is 82.8 Å². The quantitative estimate of drug-likeness (QED) is 0.281. The van der Waals surface area contributed by atoms with Gasteiger partial charge in [-0.25, -0.2) is 4.98 Å². The van der Waals surface area contributed by atoms with Crippen LogP contribution in [0.5, 0.6) is 11.5 Å². The van der Waals surface area contributed by atoms with Crippen LogP contribution in [0, 0.1) is 13.8 Å². The van der Waals surface area contributed by atoms with E-state index in [2.05, 4.69) is 37.0 Å². The van der Waals surface area contributed by atoms with Crippen LogP contribution in [0.1, 0.15) is 11.1 Å². The number of carbonyl (C=O) groups excluding carboxylic acids is 1. The molecule has 40 heavy (non-hydrogen) atoms. The van der Waals surface area contributed by atoms with Crippen molar-refractivity contribution in [3.63, 3.8) is 0 Å². The number of pyridine rings is 1. The van der Waals surface area contributed by atoms with Crippen molar-refractivity contribution in [2.45, 2.75) is 13.8 Å². The Morgan fingerprint density at radius 2 is 1.80 bits per heavy atom. The monoisotopic (exact) mass is 541 g/mol. The van der Waals surface area contributed by atoms with Crippen molar-refractivity contribution in [2.75, 3.05) is 49.8 Å². The number of amides is 1. The molecule has 0 bridgehead atoms. The molecule has 0 atom stereocenters. The van der Waals surface area contributed by atoms with Gasteiger partial charge < -0.3 is 25.2 Å². The molecule has 4 rings (SSSR count). The first kappa shape index (κ1) is 28.3. The van der Waals surface area contributed by atoms with Gasteiger partial charge in [0.15, 0.2) is 5.75 Å². The first-order valence-electron chi connectivity index (χ1n) is 12.9. The lowest BCUT2D eigenvalue weighted by Crippen LogP contribution is -2.29. The smallest absolute Gasteiger partial charge is 0.294 e. The van der Waals surface area contributed by atoms with Gasteiger partial charge in [0.2, 0.25) is 11.9 Å². The van der Waals surface area contributed by atoms with Gasteiger partial charge in [0, 0.05) is 44.5 Å². The van der Waals surface area contributed by atoms with Gasteiger partial charge in [-0.3, -0.25) is 14.2 Å². The number of benzene rings is 2. The van der Waals surface area contributed by atoms with Crippen LogP contribution < -0.4 is 25.8 Å². The largest absolute Gasteiger partial charge is 0.452 e. The van der Waals surface area contributed by atoms with Gasteiger partial charge in [0.25, 0.3) is 5.56 Å². The van der Waals surface area contributed by atoms with Crippen LogP contribution in [0.2, 0.25) is 0 Å². The highest BCUT2D eigenvalue weighted by Crippen LogP contribution is 2.33. The fraction of sp³-hybridized carbons (Fsp3) is 0.267. The number of hydrogen-bond acceptors (Lipinski definition) is 8. The Kier molecular flexibility index (Phi) is 8.49. The SMILES string of the molecule is C=CC(=O)Nc1cc(Nc2ncc3cc(Oc4ccc(C)cc4)c(=O)n(C)c3n2)c(C)cc1N(C)CCN(C)C. The van der Waals surface area contributed by atoms with Gasteiger partial charge in [-0.15, -0.1) is 0 Å². The molecule has 10 heteroatoms. The van der Waals surface area contributed by atoms with Gasteiger partial charge in [0.05, 0.1) is 11.4 Å².